The molecule has 4 heteroatoms. The Hall–Kier alpha value is -1.71. The zero-order valence-corrected chi connectivity index (χ0v) is 10.3. The topological polar surface area (TPSA) is 51.9 Å². The van der Waals surface area contributed by atoms with Crippen LogP contribution in [0.15, 0.2) is 23.0 Å². The van der Waals surface area contributed by atoms with Crippen LogP contribution in [0.5, 0.6) is 0 Å². The first kappa shape index (κ1) is 10.2. The fraction of sp³-hybridized carbons (Fsp3) is 0.500. The number of hydrogen-bond acceptors (Lipinski definition) is 2. The van der Waals surface area contributed by atoms with Crippen molar-refractivity contribution in [2.24, 2.45) is 11.8 Å². The van der Waals surface area contributed by atoms with Crippen LogP contribution in [-0.4, -0.2) is 23.1 Å². The zero-order valence-electron chi connectivity index (χ0n) is 10.3. The second-order valence-electron chi connectivity index (χ2n) is 5.76. The Bertz CT molecular complexity index is 630. The van der Waals surface area contributed by atoms with Gasteiger partial charge in [0.2, 0.25) is 0 Å². The summed E-state index contributed by atoms with van der Waals surface area (Å²) in [6, 6.07) is 6.22. The Morgan fingerprint density at radius 3 is 2.56 bits per heavy atom. The first-order valence-corrected chi connectivity index (χ1v) is 6.75. The monoisotopic (exact) mass is 243 g/mol. The molecule has 1 aromatic carbocycles. The third-order valence-corrected chi connectivity index (χ3v) is 4.47. The summed E-state index contributed by atoms with van der Waals surface area (Å²) in [4.78, 5) is 19.4. The largest absolute Gasteiger partial charge is 0.371 e. The van der Waals surface area contributed by atoms with Gasteiger partial charge in [0, 0.05) is 18.8 Å². The molecule has 1 saturated carbocycles. The summed E-state index contributed by atoms with van der Waals surface area (Å²) in [5.74, 6) is 1.76. The second kappa shape index (κ2) is 3.64. The van der Waals surface area contributed by atoms with E-state index in [1.165, 1.54) is 38.0 Å². The van der Waals surface area contributed by atoms with E-state index in [1.54, 1.807) is 0 Å². The van der Waals surface area contributed by atoms with Crippen LogP contribution in [0.3, 0.4) is 0 Å². The van der Waals surface area contributed by atoms with Gasteiger partial charge in [-0.3, -0.25) is 0 Å². The van der Waals surface area contributed by atoms with Crippen molar-refractivity contribution in [1.82, 2.24) is 9.97 Å². The molecule has 4 rings (SSSR count). The van der Waals surface area contributed by atoms with Gasteiger partial charge in [0.15, 0.2) is 0 Å². The number of hydrogen-bond donors (Lipinski definition) is 2. The number of fused-ring (bicyclic) bond motifs is 3. The maximum atomic E-state index is 11.3. The van der Waals surface area contributed by atoms with Crippen LogP contribution in [0.2, 0.25) is 0 Å². The van der Waals surface area contributed by atoms with Crippen molar-refractivity contribution in [3.8, 4) is 0 Å². The van der Waals surface area contributed by atoms with E-state index in [2.05, 4.69) is 27.0 Å². The maximum Gasteiger partial charge on any atom is 0.323 e. The van der Waals surface area contributed by atoms with E-state index in [-0.39, 0.29) is 5.69 Å². The number of nitrogens with zero attached hydrogens (tertiary/aromatic N) is 1. The number of aromatic amines is 2. The minimum atomic E-state index is -0.124. The molecule has 0 amide bonds. The first-order chi connectivity index (χ1) is 8.78. The number of nitrogens with one attached hydrogen (secondary N) is 2. The highest BCUT2D eigenvalue weighted by molar-refractivity contribution is 5.79. The van der Waals surface area contributed by atoms with Crippen molar-refractivity contribution in [2.75, 3.05) is 18.0 Å². The SMILES string of the molecule is O=c1[nH]c2ccc(N3C[C@@H]4CC[C@@H](C4)C3)cc2[nH]1. The van der Waals surface area contributed by atoms with Gasteiger partial charge in [-0.05, 0) is 49.3 Å². The first-order valence-electron chi connectivity index (χ1n) is 6.75. The highest BCUT2D eigenvalue weighted by atomic mass is 16.1. The van der Waals surface area contributed by atoms with Crippen LogP contribution in [0.1, 0.15) is 19.3 Å². The molecule has 1 aliphatic heterocycles. The molecule has 2 N–H and O–H groups in total. The molecule has 1 saturated heterocycles. The summed E-state index contributed by atoms with van der Waals surface area (Å²) in [6.45, 7) is 2.35. The van der Waals surface area contributed by atoms with Crippen LogP contribution in [-0.2, 0) is 0 Å². The Kier molecular flexibility index (Phi) is 2.07. The van der Waals surface area contributed by atoms with Crippen molar-refractivity contribution >= 4 is 16.7 Å². The highest BCUT2D eigenvalue weighted by Crippen LogP contribution is 2.38. The lowest BCUT2D eigenvalue weighted by molar-refractivity contribution is 0.421. The van der Waals surface area contributed by atoms with Crippen LogP contribution >= 0.6 is 0 Å². The fourth-order valence-corrected chi connectivity index (χ4v) is 3.64. The normalized spacial score (nSPS) is 27.0. The van der Waals surface area contributed by atoms with E-state index in [9.17, 15) is 4.79 Å². The number of piperidine rings is 1. The fourth-order valence-electron chi connectivity index (χ4n) is 3.64. The summed E-state index contributed by atoms with van der Waals surface area (Å²) in [5.41, 5.74) is 2.93. The predicted molar refractivity (Wildman–Crippen MR) is 72.0 cm³/mol. The number of imidazole rings is 1. The van der Waals surface area contributed by atoms with E-state index in [4.69, 9.17) is 0 Å². The average Bonchev–Trinajstić information content (AvgIpc) is 2.89. The van der Waals surface area contributed by atoms with Crippen molar-refractivity contribution in [3.05, 3.63) is 28.7 Å². The summed E-state index contributed by atoms with van der Waals surface area (Å²) in [7, 11) is 0. The van der Waals surface area contributed by atoms with Crippen LogP contribution in [0.25, 0.3) is 11.0 Å². The van der Waals surface area contributed by atoms with Crippen LogP contribution in [0.4, 0.5) is 5.69 Å². The average molecular weight is 243 g/mol. The van der Waals surface area contributed by atoms with E-state index in [1.807, 2.05) is 6.07 Å². The highest BCUT2D eigenvalue weighted by Gasteiger charge is 2.32. The van der Waals surface area contributed by atoms with Crippen LogP contribution < -0.4 is 10.6 Å². The summed E-state index contributed by atoms with van der Waals surface area (Å²) < 4.78 is 0. The molecule has 2 bridgehead atoms. The second-order valence-corrected chi connectivity index (χ2v) is 5.76. The van der Waals surface area contributed by atoms with Crippen molar-refractivity contribution < 1.29 is 0 Å². The van der Waals surface area contributed by atoms with Gasteiger partial charge in [-0.1, -0.05) is 0 Å². The predicted octanol–water partition coefficient (Wildman–Crippen LogP) is 2.09. The van der Waals surface area contributed by atoms with Gasteiger partial charge < -0.3 is 14.9 Å². The van der Waals surface area contributed by atoms with Gasteiger partial charge in [-0.2, -0.15) is 0 Å². The molecular formula is C14H17N3O. The number of aromatic nitrogens is 2. The number of H-pyrrole nitrogens is 2. The number of rotatable bonds is 1. The molecule has 0 radical (unpaired) electrons. The lowest BCUT2D eigenvalue weighted by Gasteiger charge is -2.33. The summed E-state index contributed by atoms with van der Waals surface area (Å²) in [6.07, 6.45) is 4.20. The molecule has 94 valence electrons. The van der Waals surface area contributed by atoms with E-state index in [0.717, 1.165) is 22.9 Å². The van der Waals surface area contributed by atoms with Gasteiger partial charge in [0.1, 0.15) is 0 Å². The molecule has 1 aromatic heterocycles. The Morgan fingerprint density at radius 1 is 1.06 bits per heavy atom. The van der Waals surface area contributed by atoms with Gasteiger partial charge in [0.05, 0.1) is 11.0 Å². The van der Waals surface area contributed by atoms with E-state index in [0.29, 0.717) is 0 Å². The lowest BCUT2D eigenvalue weighted by Crippen LogP contribution is -2.36. The smallest absolute Gasteiger partial charge is 0.323 e. The third kappa shape index (κ3) is 1.55. The molecule has 2 aromatic rings. The van der Waals surface area contributed by atoms with Gasteiger partial charge >= 0.3 is 5.69 Å². The molecule has 0 spiro atoms. The van der Waals surface area contributed by atoms with Gasteiger partial charge in [-0.15, -0.1) is 0 Å². The molecule has 1 aliphatic carbocycles. The summed E-state index contributed by atoms with van der Waals surface area (Å²) in [5, 5.41) is 0. The van der Waals surface area contributed by atoms with E-state index < -0.39 is 0 Å². The molecule has 2 heterocycles. The number of anilines is 1. The maximum absolute atomic E-state index is 11.3. The minimum Gasteiger partial charge on any atom is -0.371 e. The third-order valence-electron chi connectivity index (χ3n) is 4.47. The Balaban J connectivity index is 1.71. The summed E-state index contributed by atoms with van der Waals surface area (Å²) >= 11 is 0. The van der Waals surface area contributed by atoms with Crippen LogP contribution in [0, 0.1) is 11.8 Å². The molecule has 2 aliphatic rings. The molecule has 18 heavy (non-hydrogen) atoms. The van der Waals surface area contributed by atoms with Gasteiger partial charge in [-0.25, -0.2) is 4.79 Å². The molecular weight excluding hydrogens is 226 g/mol. The lowest BCUT2D eigenvalue weighted by atomic mass is 9.98. The Morgan fingerprint density at radius 2 is 1.78 bits per heavy atom. The van der Waals surface area contributed by atoms with Crippen molar-refractivity contribution in [2.45, 2.75) is 19.3 Å². The quantitative estimate of drug-likeness (QED) is 0.805. The Labute approximate surface area is 105 Å². The zero-order chi connectivity index (χ0) is 12.1. The van der Waals surface area contributed by atoms with E-state index >= 15 is 0 Å². The van der Waals surface area contributed by atoms with Crippen molar-refractivity contribution in [3.63, 3.8) is 0 Å². The minimum absolute atomic E-state index is 0.124. The van der Waals surface area contributed by atoms with Gasteiger partial charge in [0.25, 0.3) is 0 Å². The molecule has 2 fully saturated rings. The molecule has 0 unspecified atom stereocenters. The van der Waals surface area contributed by atoms with Crippen molar-refractivity contribution in [1.29, 1.82) is 0 Å². The molecule has 4 nitrogen and oxygen atoms in total. The molecule has 2 atom stereocenters. The number of benzene rings is 1. The standard InChI is InChI=1S/C14H17N3O/c18-14-15-12-4-3-11(6-13(12)16-14)17-7-9-1-2-10(5-9)8-17/h3-4,6,9-10H,1-2,5,7-8H2,(H2,15,16,18)/t9-,10+.